The van der Waals surface area contributed by atoms with Crippen molar-refractivity contribution in [1.29, 1.82) is 0 Å². The molecule has 0 saturated carbocycles. The maximum atomic E-state index is 12.4. The summed E-state index contributed by atoms with van der Waals surface area (Å²) in [5, 5.41) is 12.1. The second-order valence-corrected chi connectivity index (χ2v) is 9.05. The number of nitrogens with zero attached hydrogens (tertiary/aromatic N) is 3. The van der Waals surface area contributed by atoms with E-state index >= 15 is 0 Å². The molecule has 0 spiro atoms. The molecule has 3 rings (SSSR count). The number of aryl methyl sites for hydroxylation is 3. The fourth-order valence-electron chi connectivity index (χ4n) is 3.03. The summed E-state index contributed by atoms with van der Waals surface area (Å²) < 4.78 is 8.78. The minimum atomic E-state index is -0.0790. The molecule has 0 unspecified atom stereocenters. The molecular weight excluding hydrogens is 464 g/mol. The molecule has 0 bridgehead atoms. The third kappa shape index (κ3) is 5.23. The van der Waals surface area contributed by atoms with E-state index in [9.17, 15) is 4.79 Å². The minimum Gasteiger partial charge on any atom is -0.485 e. The van der Waals surface area contributed by atoms with Gasteiger partial charge >= 0.3 is 0 Å². The number of halogens is 1. The zero-order valence-electron chi connectivity index (χ0n) is 17.7. The first-order valence-electron chi connectivity index (χ1n) is 9.53. The molecular formula is C22H25BrN4O2S. The highest BCUT2D eigenvalue weighted by atomic mass is 79.9. The van der Waals surface area contributed by atoms with Crippen LogP contribution in [0, 0.1) is 27.7 Å². The second kappa shape index (κ2) is 9.66. The first kappa shape index (κ1) is 22.4. The summed E-state index contributed by atoms with van der Waals surface area (Å²) in [5.74, 6) is 1.72. The molecule has 1 amide bonds. The monoisotopic (exact) mass is 488 g/mol. The van der Waals surface area contributed by atoms with Crippen LogP contribution in [-0.4, -0.2) is 26.4 Å². The van der Waals surface area contributed by atoms with Crippen molar-refractivity contribution in [3.8, 4) is 5.75 Å². The van der Waals surface area contributed by atoms with Crippen LogP contribution in [0.3, 0.4) is 0 Å². The van der Waals surface area contributed by atoms with Gasteiger partial charge in [-0.2, -0.15) is 0 Å². The van der Waals surface area contributed by atoms with Gasteiger partial charge in [0.05, 0.1) is 5.75 Å². The van der Waals surface area contributed by atoms with Crippen LogP contribution in [-0.2, 0) is 18.4 Å². The molecule has 1 heterocycles. The molecule has 0 fully saturated rings. The Morgan fingerprint density at radius 2 is 1.83 bits per heavy atom. The lowest BCUT2D eigenvalue weighted by molar-refractivity contribution is -0.113. The summed E-state index contributed by atoms with van der Waals surface area (Å²) in [5.41, 5.74) is 5.19. The van der Waals surface area contributed by atoms with Gasteiger partial charge in [0.15, 0.2) is 11.0 Å². The van der Waals surface area contributed by atoms with E-state index in [4.69, 9.17) is 4.74 Å². The molecule has 0 aliphatic carbocycles. The van der Waals surface area contributed by atoms with E-state index in [2.05, 4.69) is 44.4 Å². The van der Waals surface area contributed by atoms with Crippen molar-refractivity contribution in [3.05, 3.63) is 62.9 Å². The minimum absolute atomic E-state index is 0.0790. The standard InChI is InChI=1S/C22H25BrN4O2S/c1-13-7-6-8-18(16(13)4)29-11-19-25-26-22(27(19)5)30-12-20(28)24-21-14(2)9-17(23)10-15(21)3/h6-10H,11-12H2,1-5H3,(H,24,28). The van der Waals surface area contributed by atoms with Crippen molar-refractivity contribution in [3.63, 3.8) is 0 Å². The Balaban J connectivity index is 1.59. The van der Waals surface area contributed by atoms with E-state index in [1.807, 2.05) is 56.7 Å². The van der Waals surface area contributed by atoms with Crippen molar-refractivity contribution < 1.29 is 9.53 Å². The van der Waals surface area contributed by atoms with Gasteiger partial charge in [0, 0.05) is 17.2 Å². The number of rotatable bonds is 7. The van der Waals surface area contributed by atoms with Crippen molar-refractivity contribution in [2.24, 2.45) is 7.05 Å². The summed E-state index contributed by atoms with van der Waals surface area (Å²) in [6, 6.07) is 9.96. The van der Waals surface area contributed by atoms with Crippen LogP contribution >= 0.6 is 27.7 Å². The van der Waals surface area contributed by atoms with Gasteiger partial charge in [-0.3, -0.25) is 4.79 Å². The molecule has 30 heavy (non-hydrogen) atoms. The first-order valence-corrected chi connectivity index (χ1v) is 11.3. The van der Waals surface area contributed by atoms with Crippen LogP contribution in [0.4, 0.5) is 5.69 Å². The zero-order chi connectivity index (χ0) is 21.8. The van der Waals surface area contributed by atoms with E-state index in [0.29, 0.717) is 17.6 Å². The van der Waals surface area contributed by atoms with E-state index < -0.39 is 0 Å². The first-order chi connectivity index (χ1) is 14.3. The number of aromatic nitrogens is 3. The van der Waals surface area contributed by atoms with Gasteiger partial charge in [0.25, 0.3) is 0 Å². The molecule has 8 heteroatoms. The molecule has 1 N–H and O–H groups in total. The van der Waals surface area contributed by atoms with Crippen LogP contribution in [0.15, 0.2) is 40.0 Å². The Hall–Kier alpha value is -2.32. The lowest BCUT2D eigenvalue weighted by atomic mass is 10.1. The molecule has 1 aromatic heterocycles. The molecule has 0 atom stereocenters. The van der Waals surface area contributed by atoms with Gasteiger partial charge < -0.3 is 14.6 Å². The van der Waals surface area contributed by atoms with Crippen molar-refractivity contribution >= 4 is 39.3 Å². The highest BCUT2D eigenvalue weighted by molar-refractivity contribution is 9.10. The number of carbonyl (C=O) groups excluding carboxylic acids is 1. The summed E-state index contributed by atoms with van der Waals surface area (Å²) in [6.07, 6.45) is 0. The number of thioether (sulfide) groups is 1. The smallest absolute Gasteiger partial charge is 0.234 e. The number of hydrogen-bond donors (Lipinski definition) is 1. The number of hydrogen-bond acceptors (Lipinski definition) is 5. The number of benzene rings is 2. The molecule has 0 radical (unpaired) electrons. The van der Waals surface area contributed by atoms with Gasteiger partial charge in [0.2, 0.25) is 5.91 Å². The normalized spacial score (nSPS) is 10.9. The topological polar surface area (TPSA) is 69.0 Å². The third-order valence-electron chi connectivity index (χ3n) is 4.93. The van der Waals surface area contributed by atoms with Gasteiger partial charge in [-0.15, -0.1) is 10.2 Å². The van der Waals surface area contributed by atoms with E-state index in [-0.39, 0.29) is 11.7 Å². The number of amides is 1. The number of carbonyl (C=O) groups is 1. The van der Waals surface area contributed by atoms with Crippen molar-refractivity contribution in [2.75, 3.05) is 11.1 Å². The summed E-state index contributed by atoms with van der Waals surface area (Å²) in [7, 11) is 1.88. The highest BCUT2D eigenvalue weighted by Gasteiger charge is 2.14. The fraction of sp³-hybridized carbons (Fsp3) is 0.318. The molecule has 6 nitrogen and oxygen atoms in total. The fourth-order valence-corrected chi connectivity index (χ4v) is 4.45. The van der Waals surface area contributed by atoms with E-state index in [1.165, 1.54) is 17.3 Å². The van der Waals surface area contributed by atoms with Crippen molar-refractivity contribution in [2.45, 2.75) is 39.5 Å². The van der Waals surface area contributed by atoms with Gasteiger partial charge in [0.1, 0.15) is 12.4 Å². The predicted molar refractivity (Wildman–Crippen MR) is 124 cm³/mol. The van der Waals surface area contributed by atoms with Gasteiger partial charge in [-0.1, -0.05) is 39.8 Å². The van der Waals surface area contributed by atoms with Gasteiger partial charge in [-0.05, 0) is 68.1 Å². The second-order valence-electron chi connectivity index (χ2n) is 7.20. The average Bonchev–Trinajstić information content (AvgIpc) is 3.04. The number of anilines is 1. The van der Waals surface area contributed by atoms with Crippen molar-refractivity contribution in [1.82, 2.24) is 14.8 Å². The SMILES string of the molecule is Cc1cccc(OCc2nnc(SCC(=O)Nc3c(C)cc(Br)cc3C)n2C)c1C. The Bertz CT molecular complexity index is 1060. The van der Waals surface area contributed by atoms with Crippen LogP contribution in [0.25, 0.3) is 0 Å². The van der Waals surface area contributed by atoms with Crippen LogP contribution in [0.5, 0.6) is 5.75 Å². The Morgan fingerprint density at radius 1 is 1.13 bits per heavy atom. The molecule has 2 aromatic carbocycles. The highest BCUT2D eigenvalue weighted by Crippen LogP contribution is 2.26. The van der Waals surface area contributed by atoms with E-state index in [0.717, 1.165) is 32.6 Å². The Labute approximate surface area is 189 Å². The molecule has 158 valence electrons. The molecule has 0 aliphatic rings. The summed E-state index contributed by atoms with van der Waals surface area (Å²) in [4.78, 5) is 12.4. The van der Waals surface area contributed by atoms with Crippen LogP contribution in [0.1, 0.15) is 28.1 Å². The predicted octanol–water partition coefficient (Wildman–Crippen LogP) is 5.12. The lowest BCUT2D eigenvalue weighted by Gasteiger charge is -2.12. The van der Waals surface area contributed by atoms with Gasteiger partial charge in [-0.25, -0.2) is 0 Å². The quantitative estimate of drug-likeness (QED) is 0.467. The zero-order valence-corrected chi connectivity index (χ0v) is 20.1. The average molecular weight is 489 g/mol. The number of nitrogens with one attached hydrogen (secondary N) is 1. The van der Waals surface area contributed by atoms with Crippen LogP contribution < -0.4 is 10.1 Å². The lowest BCUT2D eigenvalue weighted by Crippen LogP contribution is -2.16. The summed E-state index contributed by atoms with van der Waals surface area (Å²) >= 11 is 4.82. The third-order valence-corrected chi connectivity index (χ3v) is 6.41. The Kier molecular flexibility index (Phi) is 7.20. The maximum Gasteiger partial charge on any atom is 0.234 e. The number of ether oxygens (including phenoxy) is 1. The maximum absolute atomic E-state index is 12.4. The summed E-state index contributed by atoms with van der Waals surface area (Å²) in [6.45, 7) is 8.37. The molecule has 0 saturated heterocycles. The Morgan fingerprint density at radius 3 is 2.53 bits per heavy atom. The largest absolute Gasteiger partial charge is 0.485 e. The van der Waals surface area contributed by atoms with Crippen LogP contribution in [0.2, 0.25) is 0 Å². The molecule has 3 aromatic rings. The molecule has 0 aliphatic heterocycles. The van der Waals surface area contributed by atoms with E-state index in [1.54, 1.807) is 0 Å².